The first-order valence-corrected chi connectivity index (χ1v) is 13.0. The minimum Gasteiger partial charge on any atom is -1.00 e. The zero-order chi connectivity index (χ0) is 22.4. The second-order valence-corrected chi connectivity index (χ2v) is 11.4. The van der Waals surface area contributed by atoms with E-state index in [4.69, 9.17) is 39.8 Å². The highest BCUT2D eigenvalue weighted by molar-refractivity contribution is 7.99. The summed E-state index contributed by atoms with van der Waals surface area (Å²) in [5.74, 6) is 0. The number of benzene rings is 4. The summed E-state index contributed by atoms with van der Waals surface area (Å²) in [6.07, 6.45) is 0. The van der Waals surface area contributed by atoms with E-state index in [9.17, 15) is 0 Å². The Labute approximate surface area is 216 Å². The van der Waals surface area contributed by atoms with Gasteiger partial charge in [-0.15, -0.1) is 0 Å². The lowest BCUT2D eigenvalue weighted by atomic mass is 10.2. The molecule has 0 heterocycles. The fourth-order valence-electron chi connectivity index (χ4n) is 3.72. The summed E-state index contributed by atoms with van der Waals surface area (Å²) in [4.78, 5) is 4.91. The van der Waals surface area contributed by atoms with Crippen LogP contribution in [0.5, 0.6) is 0 Å². The molecule has 0 radical (unpaired) electrons. The summed E-state index contributed by atoms with van der Waals surface area (Å²) in [7, 11) is -2.42. The third-order valence-corrected chi connectivity index (χ3v) is 10.2. The van der Waals surface area contributed by atoms with Gasteiger partial charge in [-0.1, -0.05) is 102 Å². The number of rotatable bonds is 6. The molecular weight excluding hydrogens is 511 g/mol. The largest absolute Gasteiger partial charge is 1.00 e. The van der Waals surface area contributed by atoms with Crippen LogP contribution in [0.1, 0.15) is 5.56 Å². The van der Waals surface area contributed by atoms with Crippen molar-refractivity contribution < 1.29 is 12.4 Å². The summed E-state index contributed by atoms with van der Waals surface area (Å²) in [5.41, 5.74) is 3.07. The Hall–Kier alpha value is -2.12. The highest BCUT2D eigenvalue weighted by Gasteiger charge is 2.50. The van der Waals surface area contributed by atoms with Gasteiger partial charge in [-0.2, -0.15) is 4.99 Å². The summed E-state index contributed by atoms with van der Waals surface area (Å²) in [5, 5.41) is 4.45. The van der Waals surface area contributed by atoms with Crippen LogP contribution < -0.4 is 28.3 Å². The molecule has 0 fully saturated rings. The lowest BCUT2D eigenvalue weighted by molar-refractivity contribution is -0.00000590. The smallest absolute Gasteiger partial charge is 0.211 e. The van der Waals surface area contributed by atoms with Crippen LogP contribution in [0, 0.1) is 0 Å². The maximum absolute atomic E-state index is 6.73. The molecule has 4 rings (SSSR count). The predicted molar refractivity (Wildman–Crippen MR) is 143 cm³/mol. The first kappa shape index (κ1) is 25.5. The summed E-state index contributed by atoms with van der Waals surface area (Å²) in [6, 6.07) is 38.5. The van der Waals surface area contributed by atoms with Crippen LogP contribution in [0.4, 0.5) is 0 Å². The Balaban J connectivity index is 0.00000306. The minimum absolute atomic E-state index is 0. The first-order valence-electron chi connectivity index (χ1n) is 10.0. The number of hydrogen-bond acceptors (Lipinski definition) is 1. The zero-order valence-electron chi connectivity index (χ0n) is 17.5. The average molecular weight is 531 g/mol. The van der Waals surface area contributed by atoms with Crippen LogP contribution in [0.2, 0.25) is 5.02 Å². The van der Waals surface area contributed by atoms with Crippen molar-refractivity contribution in [1.29, 1.82) is 0 Å². The quantitative estimate of drug-likeness (QED) is 0.259. The molecule has 0 amide bonds. The second kappa shape index (κ2) is 11.8. The van der Waals surface area contributed by atoms with Gasteiger partial charge in [0.05, 0.1) is 5.54 Å². The van der Waals surface area contributed by atoms with Crippen LogP contribution in [0.15, 0.2) is 131 Å². The molecule has 4 aromatic rings. The predicted octanol–water partition coefficient (Wildman–Crippen LogP) is 4.36. The molecule has 166 valence electrons. The summed E-state index contributed by atoms with van der Waals surface area (Å²) < 4.78 is 0. The molecule has 1 nitrogen and oxygen atoms in total. The number of halogens is 4. The minimum atomic E-state index is -2.42. The third-order valence-electron chi connectivity index (χ3n) is 5.17. The van der Waals surface area contributed by atoms with Gasteiger partial charge < -0.3 is 12.4 Å². The number of nitrogens with zero attached hydrogens (tertiary/aromatic N) is 1. The fraction of sp³-hybridized carbons (Fsp3) is 0. The van der Waals surface area contributed by atoms with Gasteiger partial charge in [-0.3, -0.25) is 0 Å². The van der Waals surface area contributed by atoms with Crippen LogP contribution in [0.3, 0.4) is 0 Å². The molecule has 0 spiro atoms. The van der Waals surface area contributed by atoms with Crippen molar-refractivity contribution in [3.8, 4) is 0 Å². The van der Waals surface area contributed by atoms with Crippen molar-refractivity contribution in [2.75, 3.05) is 0 Å². The van der Waals surface area contributed by atoms with E-state index in [2.05, 4.69) is 36.4 Å². The lowest BCUT2D eigenvalue weighted by Crippen LogP contribution is -3.00. The van der Waals surface area contributed by atoms with E-state index in [1.165, 1.54) is 0 Å². The number of aliphatic imine (C=N–C) groups is 1. The molecule has 0 unspecified atom stereocenters. The van der Waals surface area contributed by atoms with Gasteiger partial charge in [0.15, 0.2) is 7.26 Å². The van der Waals surface area contributed by atoms with Crippen molar-refractivity contribution in [3.05, 3.63) is 137 Å². The van der Waals surface area contributed by atoms with Crippen molar-refractivity contribution >= 4 is 63.1 Å². The van der Waals surface area contributed by atoms with Gasteiger partial charge in [0.25, 0.3) is 0 Å². The Bertz CT molecular complexity index is 1130. The molecule has 0 aromatic heterocycles. The van der Waals surface area contributed by atoms with E-state index >= 15 is 0 Å². The van der Waals surface area contributed by atoms with E-state index in [0.29, 0.717) is 10.2 Å². The van der Waals surface area contributed by atoms with Crippen molar-refractivity contribution in [2.45, 2.75) is 0 Å². The molecule has 0 aliphatic heterocycles. The maximum atomic E-state index is 6.73. The van der Waals surface area contributed by atoms with Crippen molar-refractivity contribution in [1.82, 2.24) is 0 Å². The SMILES string of the molecule is Cl/C=C(\N=C(/Cl)c1ccc(Cl)cc1)[P+](c1ccccc1)(c1ccccc1)c1ccccc1.[Cl-]. The Morgan fingerprint density at radius 3 is 1.39 bits per heavy atom. The molecule has 0 saturated heterocycles. The molecule has 4 aromatic carbocycles. The van der Waals surface area contributed by atoms with Gasteiger partial charge in [-0.05, 0) is 48.5 Å². The molecule has 33 heavy (non-hydrogen) atoms. The molecular formula is C27H20Cl4NP. The fourth-order valence-corrected chi connectivity index (χ4v) is 8.56. The van der Waals surface area contributed by atoms with E-state index in [0.717, 1.165) is 26.9 Å². The van der Waals surface area contributed by atoms with Gasteiger partial charge in [-0.25, -0.2) is 0 Å². The topological polar surface area (TPSA) is 12.4 Å². The van der Waals surface area contributed by atoms with Crippen LogP contribution in [0.25, 0.3) is 0 Å². The summed E-state index contributed by atoms with van der Waals surface area (Å²) >= 11 is 19.3. The van der Waals surface area contributed by atoms with Crippen LogP contribution in [-0.2, 0) is 0 Å². The van der Waals surface area contributed by atoms with Gasteiger partial charge in [0.1, 0.15) is 21.1 Å². The highest BCUT2D eigenvalue weighted by atomic mass is 35.5. The first-order chi connectivity index (χ1) is 15.7. The van der Waals surface area contributed by atoms with Gasteiger partial charge in [0, 0.05) is 10.6 Å². The van der Waals surface area contributed by atoms with Crippen molar-refractivity contribution in [3.63, 3.8) is 0 Å². The molecule has 0 atom stereocenters. The Morgan fingerprint density at radius 1 is 0.636 bits per heavy atom. The average Bonchev–Trinajstić information content (AvgIpc) is 2.86. The maximum Gasteiger partial charge on any atom is 0.211 e. The zero-order valence-corrected chi connectivity index (χ0v) is 21.4. The van der Waals surface area contributed by atoms with E-state index < -0.39 is 7.26 Å². The molecule has 0 N–H and O–H groups in total. The van der Waals surface area contributed by atoms with Gasteiger partial charge in [0.2, 0.25) is 5.44 Å². The van der Waals surface area contributed by atoms with Crippen LogP contribution >= 0.6 is 42.1 Å². The van der Waals surface area contributed by atoms with Gasteiger partial charge >= 0.3 is 0 Å². The molecule has 0 bridgehead atoms. The monoisotopic (exact) mass is 529 g/mol. The standard InChI is InChI=1S/C27H20Cl3NP.ClH/c28-20-26(31-27(30)21-16-18-22(29)19-17-21)32(23-10-4-1-5-11-23,24-12-6-2-7-13-24)25-14-8-3-9-15-25;/h1-20H;1H/q+1;/p-1/b26-20+,31-27-;. The van der Waals surface area contributed by atoms with Crippen LogP contribution in [-0.4, -0.2) is 5.17 Å². The molecule has 0 aliphatic rings. The number of hydrogen-bond donors (Lipinski definition) is 0. The van der Waals surface area contributed by atoms with E-state index in [1.807, 2.05) is 66.7 Å². The van der Waals surface area contributed by atoms with Crippen molar-refractivity contribution in [2.24, 2.45) is 4.99 Å². The molecule has 0 aliphatic carbocycles. The van der Waals surface area contributed by atoms with E-state index in [-0.39, 0.29) is 12.4 Å². The second-order valence-electron chi connectivity index (χ2n) is 7.05. The molecule has 6 heteroatoms. The summed E-state index contributed by atoms with van der Waals surface area (Å²) in [6.45, 7) is 0. The highest BCUT2D eigenvalue weighted by Crippen LogP contribution is 2.63. The Kier molecular flexibility index (Phi) is 9.15. The van der Waals surface area contributed by atoms with E-state index in [1.54, 1.807) is 17.7 Å². The lowest BCUT2D eigenvalue weighted by Gasteiger charge is -2.27. The normalized spacial score (nSPS) is 12.2. The Morgan fingerprint density at radius 2 is 1.03 bits per heavy atom. The third kappa shape index (κ3) is 5.35. The molecule has 0 saturated carbocycles.